The van der Waals surface area contributed by atoms with Gasteiger partial charge in [0, 0.05) is 38.7 Å². The summed E-state index contributed by atoms with van der Waals surface area (Å²) in [7, 11) is 5.54. The molecular formula is C19H24ClN3O2S. The minimum atomic E-state index is 0.0101. The fourth-order valence-electron chi connectivity index (χ4n) is 3.24. The van der Waals surface area contributed by atoms with Gasteiger partial charge in [-0.1, -0.05) is 35.1 Å². The maximum atomic E-state index is 12.9. The van der Waals surface area contributed by atoms with Gasteiger partial charge in [-0.3, -0.25) is 9.69 Å². The molecule has 1 fully saturated rings. The van der Waals surface area contributed by atoms with Crippen molar-refractivity contribution >= 4 is 33.9 Å². The van der Waals surface area contributed by atoms with E-state index in [1.165, 1.54) is 0 Å². The lowest BCUT2D eigenvalue weighted by atomic mass is 9.90. The lowest BCUT2D eigenvalue weighted by Crippen LogP contribution is -2.38. The summed E-state index contributed by atoms with van der Waals surface area (Å²) in [4.78, 5) is 22.6. The number of aromatic nitrogens is 1. The molecule has 0 unspecified atom stereocenters. The standard InChI is InChI=1S/C19H24ClN3O2S/c1-22(2)19-21-18(20)16(26-19)12-23-9-5-7-14(11-23)17(24)13-6-4-8-15(10-13)25-3/h4,6,8,10,14H,5,7,9,11-12H2,1-3H3/t14-/m0/s1. The van der Waals surface area contributed by atoms with Gasteiger partial charge in [-0.15, -0.1) is 0 Å². The highest BCUT2D eigenvalue weighted by atomic mass is 35.5. The average molecular weight is 394 g/mol. The number of halogens is 1. The second-order valence-electron chi connectivity index (χ2n) is 6.78. The summed E-state index contributed by atoms with van der Waals surface area (Å²) >= 11 is 7.91. The van der Waals surface area contributed by atoms with Crippen LogP contribution in [0.1, 0.15) is 28.1 Å². The van der Waals surface area contributed by atoms with Crippen molar-refractivity contribution in [3.05, 3.63) is 39.9 Å². The van der Waals surface area contributed by atoms with Crippen LogP contribution in [0, 0.1) is 5.92 Å². The number of hydrogen-bond donors (Lipinski definition) is 0. The maximum Gasteiger partial charge on any atom is 0.186 e. The number of ketones is 1. The third-order valence-corrected chi connectivity index (χ3v) is 6.25. The Balaban J connectivity index is 1.68. The van der Waals surface area contributed by atoms with Crippen molar-refractivity contribution in [2.45, 2.75) is 19.4 Å². The van der Waals surface area contributed by atoms with Gasteiger partial charge >= 0.3 is 0 Å². The Bertz CT molecular complexity index is 778. The quantitative estimate of drug-likeness (QED) is 0.695. The van der Waals surface area contributed by atoms with Gasteiger partial charge in [0.25, 0.3) is 0 Å². The third kappa shape index (κ3) is 4.37. The van der Waals surface area contributed by atoms with Crippen LogP contribution in [0.3, 0.4) is 0 Å². The largest absolute Gasteiger partial charge is 0.497 e. The van der Waals surface area contributed by atoms with Gasteiger partial charge in [0.1, 0.15) is 10.9 Å². The lowest BCUT2D eigenvalue weighted by Gasteiger charge is -2.31. The average Bonchev–Trinajstić information content (AvgIpc) is 3.02. The second kappa shape index (κ2) is 8.37. The molecule has 3 rings (SSSR count). The van der Waals surface area contributed by atoms with Crippen molar-refractivity contribution in [1.29, 1.82) is 0 Å². The SMILES string of the molecule is COc1cccc(C(=O)[C@H]2CCCN(Cc3sc(N(C)C)nc3Cl)C2)c1. The summed E-state index contributed by atoms with van der Waals surface area (Å²) in [5, 5.41) is 1.48. The third-order valence-electron chi connectivity index (χ3n) is 4.62. The Morgan fingerprint density at radius 2 is 2.27 bits per heavy atom. The molecule has 1 aliphatic rings. The number of thiazole rings is 1. The van der Waals surface area contributed by atoms with Crippen LogP contribution in [0.4, 0.5) is 5.13 Å². The first-order valence-electron chi connectivity index (χ1n) is 8.71. The highest BCUT2D eigenvalue weighted by Gasteiger charge is 2.27. The van der Waals surface area contributed by atoms with Crippen molar-refractivity contribution in [3.8, 4) is 5.75 Å². The van der Waals surface area contributed by atoms with Crippen LogP contribution in [0.2, 0.25) is 5.15 Å². The summed E-state index contributed by atoms with van der Waals surface area (Å²) in [5.74, 6) is 0.921. The Labute approximate surface area is 163 Å². The van der Waals surface area contributed by atoms with Crippen molar-refractivity contribution in [1.82, 2.24) is 9.88 Å². The van der Waals surface area contributed by atoms with Gasteiger partial charge in [-0.25, -0.2) is 4.98 Å². The highest BCUT2D eigenvalue weighted by molar-refractivity contribution is 7.16. The van der Waals surface area contributed by atoms with Gasteiger partial charge in [-0.2, -0.15) is 0 Å². The number of benzene rings is 1. The number of carbonyl (C=O) groups is 1. The fourth-order valence-corrected chi connectivity index (χ4v) is 4.46. The molecule has 1 aromatic carbocycles. The van der Waals surface area contributed by atoms with E-state index in [0.717, 1.165) is 53.8 Å². The second-order valence-corrected chi connectivity index (χ2v) is 8.20. The van der Waals surface area contributed by atoms with Crippen LogP contribution in [0.25, 0.3) is 0 Å². The number of methoxy groups -OCH3 is 1. The Morgan fingerprint density at radius 3 is 2.96 bits per heavy atom. The molecule has 0 aliphatic carbocycles. The summed E-state index contributed by atoms with van der Waals surface area (Å²) < 4.78 is 5.24. The molecule has 1 atom stereocenters. The lowest BCUT2D eigenvalue weighted by molar-refractivity contribution is 0.0812. The van der Waals surface area contributed by atoms with E-state index < -0.39 is 0 Å². The molecule has 1 saturated heterocycles. The Kier molecular flexibility index (Phi) is 6.16. The van der Waals surface area contributed by atoms with Crippen molar-refractivity contribution < 1.29 is 9.53 Å². The zero-order valence-electron chi connectivity index (χ0n) is 15.4. The molecule has 0 spiro atoms. The first-order valence-corrected chi connectivity index (χ1v) is 9.90. The van der Waals surface area contributed by atoms with E-state index in [9.17, 15) is 4.79 Å². The molecule has 0 radical (unpaired) electrons. The van der Waals surface area contributed by atoms with Crippen LogP contribution in [-0.4, -0.2) is 50.0 Å². The molecule has 140 valence electrons. The number of likely N-dealkylation sites (tertiary alicyclic amines) is 1. The number of hydrogen-bond acceptors (Lipinski definition) is 6. The highest BCUT2D eigenvalue weighted by Crippen LogP contribution is 2.31. The molecule has 7 heteroatoms. The summed E-state index contributed by atoms with van der Waals surface area (Å²) in [6.45, 7) is 2.47. The van der Waals surface area contributed by atoms with Gasteiger partial charge < -0.3 is 9.64 Å². The van der Waals surface area contributed by atoms with Crippen LogP contribution in [-0.2, 0) is 6.54 Å². The number of nitrogens with zero attached hydrogens (tertiary/aromatic N) is 3. The minimum absolute atomic E-state index is 0.0101. The van der Waals surface area contributed by atoms with E-state index in [4.69, 9.17) is 16.3 Å². The number of piperidine rings is 1. The normalized spacial score (nSPS) is 17.9. The molecular weight excluding hydrogens is 370 g/mol. The molecule has 0 N–H and O–H groups in total. The zero-order valence-corrected chi connectivity index (χ0v) is 16.9. The number of carbonyl (C=O) groups excluding carboxylic acids is 1. The van der Waals surface area contributed by atoms with Crippen LogP contribution >= 0.6 is 22.9 Å². The molecule has 0 saturated carbocycles. The van der Waals surface area contributed by atoms with Gasteiger partial charge in [0.05, 0.1) is 12.0 Å². The molecule has 26 heavy (non-hydrogen) atoms. The van der Waals surface area contributed by atoms with Crippen molar-refractivity contribution in [3.63, 3.8) is 0 Å². The molecule has 0 bridgehead atoms. The van der Waals surface area contributed by atoms with Crippen molar-refractivity contribution in [2.75, 3.05) is 39.2 Å². The molecule has 2 heterocycles. The van der Waals surface area contributed by atoms with Crippen molar-refractivity contribution in [2.24, 2.45) is 5.92 Å². The van der Waals surface area contributed by atoms with Crippen LogP contribution < -0.4 is 9.64 Å². The van der Waals surface area contributed by atoms with Gasteiger partial charge in [-0.05, 0) is 31.5 Å². The first kappa shape index (κ1) is 19.1. The topological polar surface area (TPSA) is 45.7 Å². The first-order chi connectivity index (χ1) is 12.5. The van der Waals surface area contributed by atoms with Gasteiger partial charge in [0.15, 0.2) is 10.9 Å². The monoisotopic (exact) mass is 393 g/mol. The summed E-state index contributed by atoms with van der Waals surface area (Å²) in [5.41, 5.74) is 0.724. The number of anilines is 1. The van der Waals surface area contributed by atoms with E-state index in [0.29, 0.717) is 5.15 Å². The number of ether oxygens (including phenoxy) is 1. The van der Waals surface area contributed by atoms with Crippen LogP contribution in [0.5, 0.6) is 5.75 Å². The number of Topliss-reactive ketones (excluding diaryl/α,β-unsaturated/α-hetero) is 1. The molecule has 2 aromatic rings. The molecule has 1 aliphatic heterocycles. The van der Waals surface area contributed by atoms with E-state index in [-0.39, 0.29) is 11.7 Å². The summed E-state index contributed by atoms with van der Waals surface area (Å²) in [6.07, 6.45) is 1.93. The zero-order chi connectivity index (χ0) is 18.7. The number of rotatable bonds is 6. The van der Waals surface area contributed by atoms with E-state index in [1.807, 2.05) is 43.3 Å². The maximum absolute atomic E-state index is 12.9. The minimum Gasteiger partial charge on any atom is -0.497 e. The van der Waals surface area contributed by atoms with E-state index >= 15 is 0 Å². The Morgan fingerprint density at radius 1 is 1.46 bits per heavy atom. The molecule has 5 nitrogen and oxygen atoms in total. The molecule has 1 aromatic heterocycles. The predicted octanol–water partition coefficient (Wildman–Crippen LogP) is 3.97. The van der Waals surface area contributed by atoms with E-state index in [2.05, 4.69) is 9.88 Å². The predicted molar refractivity (Wildman–Crippen MR) is 107 cm³/mol. The fraction of sp³-hybridized carbons (Fsp3) is 0.474. The van der Waals surface area contributed by atoms with E-state index in [1.54, 1.807) is 18.4 Å². The smallest absolute Gasteiger partial charge is 0.186 e. The van der Waals surface area contributed by atoms with Gasteiger partial charge in [0.2, 0.25) is 0 Å². The summed E-state index contributed by atoms with van der Waals surface area (Å²) in [6, 6.07) is 7.42. The van der Waals surface area contributed by atoms with Crippen LogP contribution in [0.15, 0.2) is 24.3 Å². The molecule has 0 amide bonds. The Hall–Kier alpha value is -1.63.